The summed E-state index contributed by atoms with van der Waals surface area (Å²) < 4.78 is 48.6. The van der Waals surface area contributed by atoms with Gasteiger partial charge in [-0.15, -0.1) is 0 Å². The molecule has 0 spiro atoms. The number of unbranched alkanes of at least 4 members (excludes halogenated alkanes) is 6. The Balaban J connectivity index is 3.58. The Hall–Kier alpha value is -0.610. The van der Waals surface area contributed by atoms with Crippen molar-refractivity contribution < 1.29 is 22.4 Å². The van der Waals surface area contributed by atoms with Crippen LogP contribution in [0.3, 0.4) is 0 Å². The number of carbonyl (C=O) groups is 1. The molecule has 0 aliphatic heterocycles. The van der Waals surface area contributed by atoms with Crippen LogP contribution < -0.4 is 0 Å². The van der Waals surface area contributed by atoms with Gasteiger partial charge in [0.15, 0.2) is 0 Å². The molecule has 0 heterocycles. The van der Waals surface area contributed by atoms with Crippen molar-refractivity contribution in [2.75, 3.05) is 0 Å². The standard InChI is InChI=1S/C12H20F4O/c1-2-3-4-5-6-7-8-9-10(17)12(15,16)11(13)14/h11H,2-9H2,1H3. The topological polar surface area (TPSA) is 17.1 Å². The number of ketones is 1. The quantitative estimate of drug-likeness (QED) is 0.412. The van der Waals surface area contributed by atoms with Crippen LogP contribution in [0, 0.1) is 0 Å². The molecule has 0 bridgehead atoms. The molecule has 17 heavy (non-hydrogen) atoms. The van der Waals surface area contributed by atoms with E-state index in [0.29, 0.717) is 6.42 Å². The minimum atomic E-state index is -4.47. The van der Waals surface area contributed by atoms with E-state index in [0.717, 1.165) is 32.1 Å². The Morgan fingerprint density at radius 2 is 1.47 bits per heavy atom. The normalized spacial score (nSPS) is 12.1. The van der Waals surface area contributed by atoms with Crippen molar-refractivity contribution in [2.24, 2.45) is 0 Å². The summed E-state index contributed by atoms with van der Waals surface area (Å²) in [5, 5.41) is 0. The van der Waals surface area contributed by atoms with Crippen molar-refractivity contribution in [3.8, 4) is 0 Å². The van der Waals surface area contributed by atoms with Crippen LogP contribution >= 0.6 is 0 Å². The molecule has 0 aliphatic carbocycles. The first-order valence-electron chi connectivity index (χ1n) is 6.12. The maximum atomic E-state index is 12.5. The SMILES string of the molecule is CCCCCCCCCC(=O)C(F)(F)C(F)F. The molecule has 0 unspecified atom stereocenters. The third-order valence-corrected chi connectivity index (χ3v) is 2.65. The van der Waals surface area contributed by atoms with Gasteiger partial charge in [0, 0.05) is 6.42 Å². The molecule has 0 amide bonds. The zero-order valence-corrected chi connectivity index (χ0v) is 10.2. The van der Waals surface area contributed by atoms with Crippen LogP contribution in [0.1, 0.15) is 58.3 Å². The molecule has 0 aliphatic rings. The van der Waals surface area contributed by atoms with Gasteiger partial charge in [0.2, 0.25) is 5.78 Å². The number of rotatable bonds is 10. The van der Waals surface area contributed by atoms with Gasteiger partial charge in [-0.3, -0.25) is 4.79 Å². The van der Waals surface area contributed by atoms with Gasteiger partial charge in [0.1, 0.15) is 0 Å². The van der Waals surface area contributed by atoms with Crippen LogP contribution in [0.15, 0.2) is 0 Å². The van der Waals surface area contributed by atoms with Gasteiger partial charge < -0.3 is 0 Å². The molecular weight excluding hydrogens is 236 g/mol. The van der Waals surface area contributed by atoms with E-state index in [-0.39, 0.29) is 6.42 Å². The van der Waals surface area contributed by atoms with Gasteiger partial charge in [0.05, 0.1) is 0 Å². The second-order valence-corrected chi connectivity index (χ2v) is 4.22. The van der Waals surface area contributed by atoms with E-state index >= 15 is 0 Å². The van der Waals surface area contributed by atoms with Gasteiger partial charge in [-0.1, -0.05) is 45.4 Å². The third kappa shape index (κ3) is 6.64. The van der Waals surface area contributed by atoms with Crippen LogP contribution in [0.5, 0.6) is 0 Å². The van der Waals surface area contributed by atoms with Crippen molar-refractivity contribution in [3.63, 3.8) is 0 Å². The Labute approximate surface area is 99.6 Å². The summed E-state index contributed by atoms with van der Waals surface area (Å²) >= 11 is 0. The molecule has 0 aromatic rings. The van der Waals surface area contributed by atoms with Gasteiger partial charge >= 0.3 is 12.3 Å². The van der Waals surface area contributed by atoms with Gasteiger partial charge in [-0.05, 0) is 6.42 Å². The van der Waals surface area contributed by atoms with Gasteiger partial charge in [0.25, 0.3) is 0 Å². The van der Waals surface area contributed by atoms with E-state index in [1.165, 1.54) is 0 Å². The second kappa shape index (κ2) is 8.48. The first-order valence-corrected chi connectivity index (χ1v) is 6.12. The molecule has 0 N–H and O–H groups in total. The fourth-order valence-electron chi connectivity index (χ4n) is 1.53. The van der Waals surface area contributed by atoms with E-state index in [2.05, 4.69) is 6.92 Å². The van der Waals surface area contributed by atoms with E-state index in [9.17, 15) is 22.4 Å². The van der Waals surface area contributed by atoms with Crippen molar-refractivity contribution in [1.29, 1.82) is 0 Å². The van der Waals surface area contributed by atoms with E-state index in [1.807, 2.05) is 0 Å². The second-order valence-electron chi connectivity index (χ2n) is 4.22. The highest BCUT2D eigenvalue weighted by molar-refractivity contribution is 5.85. The van der Waals surface area contributed by atoms with E-state index in [4.69, 9.17) is 0 Å². The highest BCUT2D eigenvalue weighted by Crippen LogP contribution is 2.26. The van der Waals surface area contributed by atoms with E-state index < -0.39 is 24.6 Å². The first kappa shape index (κ1) is 16.4. The predicted octanol–water partition coefficient (Wildman–Crippen LogP) is 4.60. The third-order valence-electron chi connectivity index (χ3n) is 2.65. The molecule has 0 radical (unpaired) electrons. The smallest absolute Gasteiger partial charge is 0.293 e. The molecule has 0 saturated heterocycles. The van der Waals surface area contributed by atoms with Crippen LogP contribution in [0.2, 0.25) is 0 Å². The fourth-order valence-corrected chi connectivity index (χ4v) is 1.53. The summed E-state index contributed by atoms with van der Waals surface area (Å²) in [5.74, 6) is -6.11. The lowest BCUT2D eigenvalue weighted by atomic mass is 10.0. The maximum Gasteiger partial charge on any atom is 0.364 e. The van der Waals surface area contributed by atoms with Gasteiger partial charge in [-0.25, -0.2) is 8.78 Å². The molecule has 0 atom stereocenters. The lowest BCUT2D eigenvalue weighted by Crippen LogP contribution is -2.36. The summed E-state index contributed by atoms with van der Waals surface area (Å²) in [6.45, 7) is 2.09. The lowest BCUT2D eigenvalue weighted by molar-refractivity contribution is -0.167. The molecule has 0 aromatic carbocycles. The van der Waals surface area contributed by atoms with Crippen molar-refractivity contribution in [2.45, 2.75) is 70.6 Å². The van der Waals surface area contributed by atoms with Crippen molar-refractivity contribution in [3.05, 3.63) is 0 Å². The predicted molar refractivity (Wildman–Crippen MR) is 58.6 cm³/mol. The van der Waals surface area contributed by atoms with Crippen molar-refractivity contribution in [1.82, 2.24) is 0 Å². The average Bonchev–Trinajstić information content (AvgIpc) is 2.27. The molecule has 0 fully saturated rings. The molecule has 5 heteroatoms. The van der Waals surface area contributed by atoms with Crippen LogP contribution in [-0.4, -0.2) is 18.1 Å². The minimum Gasteiger partial charge on any atom is -0.293 e. The number of hydrogen-bond acceptors (Lipinski definition) is 1. The number of hydrogen-bond donors (Lipinski definition) is 0. The largest absolute Gasteiger partial charge is 0.364 e. The molecule has 1 nitrogen and oxygen atoms in total. The zero-order chi connectivity index (χ0) is 13.3. The molecule has 0 aromatic heterocycles. The summed E-state index contributed by atoms with van der Waals surface area (Å²) in [5.41, 5.74) is 0. The molecule has 0 saturated carbocycles. The molecular formula is C12H20F4O. The summed E-state index contributed by atoms with van der Waals surface area (Å²) in [7, 11) is 0. The minimum absolute atomic E-state index is 0.271. The van der Waals surface area contributed by atoms with Gasteiger partial charge in [-0.2, -0.15) is 8.78 Å². The number of Topliss-reactive ketones (excluding diaryl/α,β-unsaturated/α-hetero) is 1. The average molecular weight is 256 g/mol. The first-order chi connectivity index (χ1) is 7.92. The Morgan fingerprint density at radius 3 is 1.94 bits per heavy atom. The monoisotopic (exact) mass is 256 g/mol. The van der Waals surface area contributed by atoms with Crippen LogP contribution in [0.4, 0.5) is 17.6 Å². The zero-order valence-electron chi connectivity index (χ0n) is 10.2. The maximum absolute atomic E-state index is 12.5. The van der Waals surface area contributed by atoms with E-state index in [1.54, 1.807) is 0 Å². The fraction of sp³-hybridized carbons (Fsp3) is 0.917. The highest BCUT2D eigenvalue weighted by Gasteiger charge is 2.47. The summed E-state index contributed by atoms with van der Waals surface area (Å²) in [6.07, 6.45) is 1.81. The number of alkyl halides is 4. The van der Waals surface area contributed by atoms with Crippen LogP contribution in [-0.2, 0) is 4.79 Å². The molecule has 102 valence electrons. The van der Waals surface area contributed by atoms with Crippen molar-refractivity contribution >= 4 is 5.78 Å². The highest BCUT2D eigenvalue weighted by atomic mass is 19.3. The Kier molecular flexibility index (Phi) is 8.17. The summed E-state index contributed by atoms with van der Waals surface area (Å²) in [4.78, 5) is 10.8. The lowest BCUT2D eigenvalue weighted by Gasteiger charge is -2.13. The molecule has 0 rings (SSSR count). The summed E-state index contributed by atoms with van der Waals surface area (Å²) in [6, 6.07) is 0. The van der Waals surface area contributed by atoms with Crippen LogP contribution in [0.25, 0.3) is 0 Å². The number of halogens is 4. The Morgan fingerprint density at radius 1 is 1.00 bits per heavy atom. The Bertz CT molecular complexity index is 217. The number of carbonyl (C=O) groups excluding carboxylic acids is 1.